The van der Waals surface area contributed by atoms with Crippen LogP contribution in [-0.4, -0.2) is 55.0 Å². The molecule has 0 radical (unpaired) electrons. The summed E-state index contributed by atoms with van der Waals surface area (Å²) in [4.78, 5) is 56.6. The Hall–Kier alpha value is -3.89. The van der Waals surface area contributed by atoms with Crippen LogP contribution >= 0.6 is 0 Å². The number of hydrogen-bond acceptors (Lipinski definition) is 7. The fourth-order valence-corrected chi connectivity index (χ4v) is 2.45. The number of carbonyl (C=O) groups excluding carboxylic acids is 3. The molecule has 0 aliphatic heterocycles. The lowest BCUT2D eigenvalue weighted by Crippen LogP contribution is -2.43. The predicted molar refractivity (Wildman–Crippen MR) is 104 cm³/mol. The number of nitrogens with one attached hydrogen (secondary N) is 3. The summed E-state index contributed by atoms with van der Waals surface area (Å²) in [5.41, 5.74) is 0.711. The van der Waals surface area contributed by atoms with Gasteiger partial charge in [-0.25, -0.2) is 4.79 Å². The Morgan fingerprint density at radius 2 is 1.60 bits per heavy atom. The lowest BCUT2D eigenvalue weighted by molar-refractivity contribution is -0.137. The van der Waals surface area contributed by atoms with Gasteiger partial charge in [0.15, 0.2) is 6.61 Å². The number of rotatable bonds is 10. The summed E-state index contributed by atoms with van der Waals surface area (Å²) in [6, 6.07) is 6.30. The van der Waals surface area contributed by atoms with Crippen molar-refractivity contribution in [2.24, 2.45) is 0 Å². The van der Waals surface area contributed by atoms with Gasteiger partial charge in [-0.2, -0.15) is 0 Å². The Morgan fingerprint density at radius 3 is 2.23 bits per heavy atom. The summed E-state index contributed by atoms with van der Waals surface area (Å²) in [5, 5.41) is 15.8. The fourth-order valence-electron chi connectivity index (χ4n) is 2.45. The number of aliphatic carboxylic acids is 1. The maximum atomic E-state index is 11.8. The smallest absolute Gasteiger partial charge is 0.336 e. The SMILES string of the molecule is CCc1cc(=O)oc2cc(OCC(=O)NCC(=O)NCC(=O)NCC(=O)O)ccc12. The first-order valence-electron chi connectivity index (χ1n) is 9.00. The molecule has 3 amide bonds. The molecule has 0 bridgehead atoms. The standard InChI is InChI=1S/C19H21N3O8/c1-2-11-5-19(28)30-14-6-12(3-4-13(11)14)29-10-17(25)21-8-15(23)20-7-16(24)22-9-18(26)27/h3-6H,2,7-10H2,1H3,(H,20,23)(H,21,25)(H,22,24)(H,26,27). The fraction of sp³-hybridized carbons (Fsp3) is 0.316. The van der Waals surface area contributed by atoms with Gasteiger partial charge in [0, 0.05) is 17.5 Å². The summed E-state index contributed by atoms with van der Waals surface area (Å²) >= 11 is 0. The van der Waals surface area contributed by atoms with Crippen molar-refractivity contribution in [2.45, 2.75) is 13.3 Å². The second kappa shape index (κ2) is 10.6. The van der Waals surface area contributed by atoms with Crippen molar-refractivity contribution < 1.29 is 33.4 Å². The highest BCUT2D eigenvalue weighted by atomic mass is 16.5. The third-order valence-electron chi connectivity index (χ3n) is 3.88. The van der Waals surface area contributed by atoms with Gasteiger partial charge < -0.3 is 30.2 Å². The van der Waals surface area contributed by atoms with E-state index in [-0.39, 0.29) is 13.2 Å². The van der Waals surface area contributed by atoms with Crippen molar-refractivity contribution in [3.05, 3.63) is 40.2 Å². The first kappa shape index (κ1) is 22.4. The molecule has 0 saturated carbocycles. The molecule has 0 spiro atoms. The van der Waals surface area contributed by atoms with Crippen molar-refractivity contribution >= 4 is 34.7 Å². The number of ether oxygens (including phenoxy) is 1. The molecule has 11 nitrogen and oxygen atoms in total. The van der Waals surface area contributed by atoms with Crippen LogP contribution in [0.3, 0.4) is 0 Å². The van der Waals surface area contributed by atoms with E-state index < -0.39 is 42.4 Å². The molecule has 0 saturated heterocycles. The Bertz CT molecular complexity index is 1010. The molecule has 160 valence electrons. The van der Waals surface area contributed by atoms with E-state index in [4.69, 9.17) is 14.3 Å². The minimum Gasteiger partial charge on any atom is -0.484 e. The summed E-state index contributed by atoms with van der Waals surface area (Å²) in [6.45, 7) is 0.180. The topological polar surface area (TPSA) is 164 Å². The molecule has 0 unspecified atom stereocenters. The molecular formula is C19H21N3O8. The molecule has 0 atom stereocenters. The number of benzene rings is 1. The number of carbonyl (C=O) groups is 4. The van der Waals surface area contributed by atoms with Crippen molar-refractivity contribution in [3.63, 3.8) is 0 Å². The normalized spacial score (nSPS) is 10.3. The van der Waals surface area contributed by atoms with Gasteiger partial charge in [-0.05, 0) is 24.1 Å². The highest BCUT2D eigenvalue weighted by molar-refractivity contribution is 5.89. The molecule has 0 aliphatic carbocycles. The van der Waals surface area contributed by atoms with Crippen molar-refractivity contribution in [2.75, 3.05) is 26.2 Å². The van der Waals surface area contributed by atoms with Gasteiger partial charge in [-0.15, -0.1) is 0 Å². The van der Waals surface area contributed by atoms with E-state index in [9.17, 15) is 24.0 Å². The minimum atomic E-state index is -1.21. The van der Waals surface area contributed by atoms with Crippen LogP contribution in [0.5, 0.6) is 5.75 Å². The van der Waals surface area contributed by atoms with Crippen molar-refractivity contribution in [1.82, 2.24) is 16.0 Å². The Morgan fingerprint density at radius 1 is 0.967 bits per heavy atom. The minimum absolute atomic E-state index is 0.314. The van der Waals surface area contributed by atoms with Crippen LogP contribution in [0.1, 0.15) is 12.5 Å². The van der Waals surface area contributed by atoms with E-state index in [1.165, 1.54) is 12.1 Å². The summed E-state index contributed by atoms with van der Waals surface area (Å²) in [6.07, 6.45) is 0.661. The van der Waals surface area contributed by atoms with Crippen LogP contribution in [0.15, 0.2) is 33.5 Å². The third kappa shape index (κ3) is 6.93. The van der Waals surface area contributed by atoms with E-state index in [2.05, 4.69) is 16.0 Å². The van der Waals surface area contributed by atoms with E-state index in [1.807, 2.05) is 6.92 Å². The quantitative estimate of drug-likeness (QED) is 0.362. The molecule has 4 N–H and O–H groups in total. The molecule has 0 aliphatic rings. The second-order valence-corrected chi connectivity index (χ2v) is 6.11. The zero-order valence-corrected chi connectivity index (χ0v) is 16.1. The Labute approximate surface area is 170 Å². The Balaban J connectivity index is 1.78. The van der Waals surface area contributed by atoms with Gasteiger partial charge >= 0.3 is 11.6 Å². The zero-order chi connectivity index (χ0) is 22.1. The lowest BCUT2D eigenvalue weighted by Gasteiger charge is -2.09. The second-order valence-electron chi connectivity index (χ2n) is 6.11. The number of carboxylic acids is 1. The van der Waals surface area contributed by atoms with Crippen LogP contribution in [0, 0.1) is 0 Å². The molecule has 2 rings (SSSR count). The number of aryl methyl sites for hydroxylation is 1. The highest BCUT2D eigenvalue weighted by Crippen LogP contribution is 2.22. The maximum Gasteiger partial charge on any atom is 0.336 e. The third-order valence-corrected chi connectivity index (χ3v) is 3.88. The maximum absolute atomic E-state index is 11.8. The van der Waals surface area contributed by atoms with E-state index in [0.29, 0.717) is 17.8 Å². The lowest BCUT2D eigenvalue weighted by atomic mass is 10.1. The molecule has 11 heteroatoms. The molecule has 30 heavy (non-hydrogen) atoms. The Kier molecular flexibility index (Phi) is 7.91. The summed E-state index contributed by atoms with van der Waals surface area (Å²) in [5.74, 6) is -2.78. The average molecular weight is 419 g/mol. The number of hydrogen-bond donors (Lipinski definition) is 4. The van der Waals surface area contributed by atoms with Crippen LogP contribution in [0.2, 0.25) is 0 Å². The highest BCUT2D eigenvalue weighted by Gasteiger charge is 2.10. The number of carboxylic acid groups (broad SMARTS) is 1. The molecule has 2 aromatic rings. The van der Waals surface area contributed by atoms with E-state index in [1.54, 1.807) is 12.1 Å². The zero-order valence-electron chi connectivity index (χ0n) is 16.1. The molecule has 0 fully saturated rings. The number of amides is 3. The first-order chi connectivity index (χ1) is 14.3. The summed E-state index contributed by atoms with van der Waals surface area (Å²) in [7, 11) is 0. The first-order valence-corrected chi connectivity index (χ1v) is 9.00. The van der Waals surface area contributed by atoms with Crippen LogP contribution < -0.4 is 26.3 Å². The van der Waals surface area contributed by atoms with Gasteiger partial charge in [-0.3, -0.25) is 19.2 Å². The monoisotopic (exact) mass is 419 g/mol. The average Bonchev–Trinajstić information content (AvgIpc) is 2.72. The number of fused-ring (bicyclic) bond motifs is 1. The van der Waals surface area contributed by atoms with Gasteiger partial charge in [-0.1, -0.05) is 6.92 Å². The van der Waals surface area contributed by atoms with Gasteiger partial charge in [0.2, 0.25) is 11.8 Å². The molecule has 1 aromatic heterocycles. The molecule has 1 heterocycles. The molecule has 1 aromatic carbocycles. The van der Waals surface area contributed by atoms with Gasteiger partial charge in [0.25, 0.3) is 5.91 Å². The van der Waals surface area contributed by atoms with Crippen LogP contribution in [0.25, 0.3) is 11.0 Å². The van der Waals surface area contributed by atoms with Gasteiger partial charge in [0.05, 0.1) is 13.1 Å². The van der Waals surface area contributed by atoms with Crippen LogP contribution in [-0.2, 0) is 25.6 Å². The van der Waals surface area contributed by atoms with Crippen molar-refractivity contribution in [3.8, 4) is 5.75 Å². The van der Waals surface area contributed by atoms with E-state index in [0.717, 1.165) is 10.9 Å². The van der Waals surface area contributed by atoms with E-state index >= 15 is 0 Å². The molecular weight excluding hydrogens is 398 g/mol. The van der Waals surface area contributed by atoms with Gasteiger partial charge in [0.1, 0.15) is 17.9 Å². The van der Waals surface area contributed by atoms with Crippen molar-refractivity contribution in [1.29, 1.82) is 0 Å². The van der Waals surface area contributed by atoms with Crippen LogP contribution in [0.4, 0.5) is 0 Å². The summed E-state index contributed by atoms with van der Waals surface area (Å²) < 4.78 is 10.5. The predicted octanol–water partition coefficient (Wildman–Crippen LogP) is -0.833. The largest absolute Gasteiger partial charge is 0.484 e.